The van der Waals surface area contributed by atoms with Gasteiger partial charge in [0.15, 0.2) is 18.1 Å². The lowest BCUT2D eigenvalue weighted by Gasteiger charge is -2.30. The summed E-state index contributed by atoms with van der Waals surface area (Å²) in [5.41, 5.74) is 0.898. The molecule has 0 aliphatic carbocycles. The molecule has 0 bridgehead atoms. The van der Waals surface area contributed by atoms with Crippen LogP contribution in [0.2, 0.25) is 0 Å². The summed E-state index contributed by atoms with van der Waals surface area (Å²) in [6.07, 6.45) is -4.24. The maximum Gasteiger partial charge on any atom is 0.422 e. The van der Waals surface area contributed by atoms with E-state index in [-0.39, 0.29) is 17.6 Å². The van der Waals surface area contributed by atoms with Crippen LogP contribution in [0, 0.1) is 0 Å². The Balaban J connectivity index is 1.84. The molecule has 1 atom stereocenters. The zero-order valence-electron chi connectivity index (χ0n) is 13.9. The SMILES string of the molecule is COc1cc(CNC[C@@H]2CN(C)CCO2)ccc1OCC(F)(F)F. The zero-order chi connectivity index (χ0) is 17.6. The zero-order valence-corrected chi connectivity index (χ0v) is 13.9. The van der Waals surface area contributed by atoms with Crippen molar-refractivity contribution in [1.82, 2.24) is 10.2 Å². The quantitative estimate of drug-likeness (QED) is 0.817. The first-order valence-electron chi connectivity index (χ1n) is 7.74. The maximum atomic E-state index is 12.2. The lowest BCUT2D eigenvalue weighted by Crippen LogP contribution is -2.44. The summed E-state index contributed by atoms with van der Waals surface area (Å²) in [6, 6.07) is 4.88. The Bertz CT molecular complexity index is 526. The van der Waals surface area contributed by atoms with E-state index >= 15 is 0 Å². The second kappa shape index (κ2) is 8.55. The van der Waals surface area contributed by atoms with Gasteiger partial charge in [0.2, 0.25) is 0 Å². The first kappa shape index (κ1) is 18.8. The molecule has 5 nitrogen and oxygen atoms in total. The van der Waals surface area contributed by atoms with E-state index in [9.17, 15) is 13.2 Å². The third-order valence-corrected chi connectivity index (χ3v) is 3.66. The summed E-state index contributed by atoms with van der Waals surface area (Å²) < 4.78 is 52.2. The van der Waals surface area contributed by atoms with Crippen LogP contribution in [-0.2, 0) is 11.3 Å². The Kier molecular flexibility index (Phi) is 6.70. The standard InChI is InChI=1S/C16H23F3N2O3/c1-21-5-6-23-13(10-21)9-20-8-12-3-4-14(15(7-12)22-2)24-11-16(17,18)19/h3-4,7,13,20H,5-6,8-11H2,1-2H3/t13-/m1/s1. The van der Waals surface area contributed by atoms with Gasteiger partial charge < -0.3 is 24.4 Å². The van der Waals surface area contributed by atoms with Gasteiger partial charge in [0.25, 0.3) is 0 Å². The number of alkyl halides is 3. The van der Waals surface area contributed by atoms with E-state index in [1.165, 1.54) is 13.2 Å². The van der Waals surface area contributed by atoms with Crippen LogP contribution in [-0.4, -0.2) is 64.2 Å². The average molecular weight is 348 g/mol. The number of hydrogen-bond acceptors (Lipinski definition) is 5. The monoisotopic (exact) mass is 348 g/mol. The minimum Gasteiger partial charge on any atom is -0.493 e. The molecule has 136 valence electrons. The molecule has 1 fully saturated rings. The molecule has 1 heterocycles. The van der Waals surface area contributed by atoms with Crippen molar-refractivity contribution >= 4 is 0 Å². The second-order valence-electron chi connectivity index (χ2n) is 5.78. The summed E-state index contributed by atoms with van der Waals surface area (Å²) in [7, 11) is 3.46. The maximum absolute atomic E-state index is 12.2. The van der Waals surface area contributed by atoms with E-state index in [2.05, 4.69) is 17.3 Å². The minimum atomic E-state index is -4.38. The van der Waals surface area contributed by atoms with Gasteiger partial charge in [-0.2, -0.15) is 13.2 Å². The molecule has 2 rings (SSSR count). The average Bonchev–Trinajstić information content (AvgIpc) is 2.52. The third kappa shape index (κ3) is 6.18. The molecule has 0 aromatic heterocycles. The summed E-state index contributed by atoms with van der Waals surface area (Å²) in [6.45, 7) is 2.47. The fourth-order valence-corrected chi connectivity index (χ4v) is 2.47. The molecule has 1 aromatic rings. The lowest BCUT2D eigenvalue weighted by atomic mass is 10.2. The van der Waals surface area contributed by atoms with E-state index < -0.39 is 12.8 Å². The van der Waals surface area contributed by atoms with Crippen LogP contribution < -0.4 is 14.8 Å². The highest BCUT2D eigenvalue weighted by Gasteiger charge is 2.29. The number of benzene rings is 1. The highest BCUT2D eigenvalue weighted by molar-refractivity contribution is 5.43. The molecule has 8 heteroatoms. The molecule has 24 heavy (non-hydrogen) atoms. The molecule has 0 amide bonds. The highest BCUT2D eigenvalue weighted by Crippen LogP contribution is 2.29. The largest absolute Gasteiger partial charge is 0.493 e. The smallest absolute Gasteiger partial charge is 0.422 e. The van der Waals surface area contributed by atoms with Gasteiger partial charge in [-0.1, -0.05) is 6.07 Å². The normalized spacial score (nSPS) is 19.3. The second-order valence-corrected chi connectivity index (χ2v) is 5.78. The number of nitrogens with zero attached hydrogens (tertiary/aromatic N) is 1. The number of ether oxygens (including phenoxy) is 3. The lowest BCUT2D eigenvalue weighted by molar-refractivity contribution is -0.153. The predicted octanol–water partition coefficient (Wildman–Crippen LogP) is 2.06. The molecule has 1 N–H and O–H groups in total. The van der Waals surface area contributed by atoms with Crippen molar-refractivity contribution in [1.29, 1.82) is 0 Å². The Morgan fingerprint density at radius 1 is 1.33 bits per heavy atom. The van der Waals surface area contributed by atoms with Crippen LogP contribution in [0.15, 0.2) is 18.2 Å². The van der Waals surface area contributed by atoms with Gasteiger partial charge >= 0.3 is 6.18 Å². The van der Waals surface area contributed by atoms with Crippen LogP contribution in [0.5, 0.6) is 11.5 Å². The molecule has 1 saturated heterocycles. The molecule has 1 aliphatic rings. The summed E-state index contributed by atoms with van der Waals surface area (Å²) >= 11 is 0. The molecular weight excluding hydrogens is 325 g/mol. The van der Waals surface area contributed by atoms with Gasteiger partial charge in [0.1, 0.15) is 0 Å². The Morgan fingerprint density at radius 2 is 2.12 bits per heavy atom. The number of likely N-dealkylation sites (N-methyl/N-ethyl adjacent to an activating group) is 1. The summed E-state index contributed by atoms with van der Waals surface area (Å²) in [5, 5.41) is 3.29. The van der Waals surface area contributed by atoms with Gasteiger partial charge in [-0.15, -0.1) is 0 Å². The summed E-state index contributed by atoms with van der Waals surface area (Å²) in [4.78, 5) is 2.21. The van der Waals surface area contributed by atoms with Crippen molar-refractivity contribution in [3.8, 4) is 11.5 Å². The number of hydrogen-bond donors (Lipinski definition) is 1. The van der Waals surface area contributed by atoms with Crippen LogP contribution in [0.1, 0.15) is 5.56 Å². The number of halogens is 3. The Labute approximate surface area is 139 Å². The molecule has 0 unspecified atom stereocenters. The number of methoxy groups -OCH3 is 1. The van der Waals surface area contributed by atoms with Crippen molar-refractivity contribution in [2.75, 3.05) is 47.0 Å². The van der Waals surface area contributed by atoms with Gasteiger partial charge in [-0.05, 0) is 24.7 Å². The van der Waals surface area contributed by atoms with Crippen LogP contribution in [0.3, 0.4) is 0 Å². The first-order valence-corrected chi connectivity index (χ1v) is 7.74. The molecule has 1 aromatic carbocycles. The van der Waals surface area contributed by atoms with E-state index in [1.54, 1.807) is 12.1 Å². The van der Waals surface area contributed by atoms with Crippen molar-refractivity contribution in [3.63, 3.8) is 0 Å². The van der Waals surface area contributed by atoms with E-state index in [0.717, 1.165) is 25.3 Å². The van der Waals surface area contributed by atoms with Crippen molar-refractivity contribution in [3.05, 3.63) is 23.8 Å². The number of nitrogens with one attached hydrogen (secondary N) is 1. The highest BCUT2D eigenvalue weighted by atomic mass is 19.4. The summed E-state index contributed by atoms with van der Waals surface area (Å²) in [5.74, 6) is 0.364. The third-order valence-electron chi connectivity index (χ3n) is 3.66. The van der Waals surface area contributed by atoms with Crippen LogP contribution in [0.25, 0.3) is 0 Å². The van der Waals surface area contributed by atoms with Crippen molar-refractivity contribution < 1.29 is 27.4 Å². The molecule has 0 saturated carbocycles. The van der Waals surface area contributed by atoms with E-state index in [0.29, 0.717) is 13.1 Å². The Hall–Kier alpha value is -1.51. The number of rotatable bonds is 7. The van der Waals surface area contributed by atoms with Gasteiger partial charge in [0.05, 0.1) is 19.8 Å². The Morgan fingerprint density at radius 3 is 2.79 bits per heavy atom. The first-order chi connectivity index (χ1) is 11.4. The van der Waals surface area contributed by atoms with Crippen LogP contribution >= 0.6 is 0 Å². The minimum absolute atomic E-state index is 0.0795. The van der Waals surface area contributed by atoms with Crippen molar-refractivity contribution in [2.45, 2.75) is 18.8 Å². The fraction of sp³-hybridized carbons (Fsp3) is 0.625. The molecular formula is C16H23F3N2O3. The fourth-order valence-electron chi connectivity index (χ4n) is 2.47. The topological polar surface area (TPSA) is 43.0 Å². The predicted molar refractivity (Wildman–Crippen MR) is 83.5 cm³/mol. The molecule has 0 radical (unpaired) electrons. The van der Waals surface area contributed by atoms with E-state index in [1.807, 2.05) is 0 Å². The van der Waals surface area contributed by atoms with Gasteiger partial charge in [-0.25, -0.2) is 0 Å². The van der Waals surface area contributed by atoms with E-state index in [4.69, 9.17) is 14.2 Å². The molecule has 1 aliphatic heterocycles. The van der Waals surface area contributed by atoms with Gasteiger partial charge in [-0.3, -0.25) is 0 Å². The van der Waals surface area contributed by atoms with Crippen LogP contribution in [0.4, 0.5) is 13.2 Å². The van der Waals surface area contributed by atoms with Gasteiger partial charge in [0, 0.05) is 26.2 Å². The van der Waals surface area contributed by atoms with Crippen molar-refractivity contribution in [2.24, 2.45) is 0 Å². The molecule has 0 spiro atoms. The number of morpholine rings is 1.